The van der Waals surface area contributed by atoms with Crippen LogP contribution in [0.4, 0.5) is 14.5 Å². The van der Waals surface area contributed by atoms with Gasteiger partial charge in [0, 0.05) is 24.2 Å². The Kier molecular flexibility index (Phi) is 4.59. The highest BCUT2D eigenvalue weighted by molar-refractivity contribution is 5.35. The fourth-order valence-electron chi connectivity index (χ4n) is 2.05. The average Bonchev–Trinajstić information content (AvgIpc) is 2.44. The smallest absolute Gasteiger partial charge is 0.272 e. The second-order valence-corrected chi connectivity index (χ2v) is 4.70. The van der Waals surface area contributed by atoms with Crippen LogP contribution in [-0.2, 0) is 6.54 Å². The minimum Gasteiger partial charge on any atom is -0.306 e. The number of benzene rings is 2. The molecule has 0 aromatic heterocycles. The van der Waals surface area contributed by atoms with Crippen LogP contribution in [0, 0.1) is 21.7 Å². The van der Waals surface area contributed by atoms with Crippen LogP contribution in [0.1, 0.15) is 24.1 Å². The molecule has 0 saturated carbocycles. The highest BCUT2D eigenvalue weighted by atomic mass is 19.1. The molecule has 1 atom stereocenters. The Bertz CT molecular complexity index is 662. The molecule has 0 heterocycles. The van der Waals surface area contributed by atoms with Crippen molar-refractivity contribution >= 4 is 5.69 Å². The third kappa shape index (κ3) is 3.82. The largest absolute Gasteiger partial charge is 0.306 e. The normalized spacial score (nSPS) is 12.1. The van der Waals surface area contributed by atoms with E-state index in [9.17, 15) is 18.9 Å². The number of non-ortho nitro benzene ring substituents is 1. The van der Waals surface area contributed by atoms with Gasteiger partial charge in [-0.2, -0.15) is 0 Å². The zero-order chi connectivity index (χ0) is 15.4. The molecule has 1 N–H and O–H groups in total. The first-order valence-electron chi connectivity index (χ1n) is 6.39. The van der Waals surface area contributed by atoms with E-state index in [2.05, 4.69) is 5.32 Å². The number of hydrogen-bond acceptors (Lipinski definition) is 3. The second kappa shape index (κ2) is 6.41. The molecule has 0 saturated heterocycles. The molecule has 1 unspecified atom stereocenters. The molecule has 0 aliphatic heterocycles. The molecule has 2 aromatic carbocycles. The summed E-state index contributed by atoms with van der Waals surface area (Å²) in [5.41, 5.74) is 0.624. The number of nitro groups is 1. The molecule has 21 heavy (non-hydrogen) atoms. The van der Waals surface area contributed by atoms with Gasteiger partial charge in [0.25, 0.3) is 5.69 Å². The zero-order valence-corrected chi connectivity index (χ0v) is 11.3. The highest BCUT2D eigenvalue weighted by Gasteiger charge is 2.12. The van der Waals surface area contributed by atoms with E-state index in [4.69, 9.17) is 0 Å². The number of nitrogens with one attached hydrogen (secondary N) is 1. The number of nitro benzene ring substituents is 1. The predicted molar refractivity (Wildman–Crippen MR) is 74.7 cm³/mol. The number of nitrogens with zero attached hydrogens (tertiary/aromatic N) is 1. The van der Waals surface area contributed by atoms with Crippen molar-refractivity contribution in [3.8, 4) is 0 Å². The van der Waals surface area contributed by atoms with Crippen LogP contribution < -0.4 is 5.32 Å². The topological polar surface area (TPSA) is 55.2 Å². The Morgan fingerprint density at radius 2 is 1.95 bits per heavy atom. The molecular weight excluding hydrogens is 278 g/mol. The van der Waals surface area contributed by atoms with Crippen molar-refractivity contribution < 1.29 is 13.7 Å². The third-order valence-electron chi connectivity index (χ3n) is 3.14. The van der Waals surface area contributed by atoms with Crippen LogP contribution in [0.2, 0.25) is 0 Å². The fraction of sp³-hybridized carbons (Fsp3) is 0.200. The zero-order valence-electron chi connectivity index (χ0n) is 11.3. The first-order valence-corrected chi connectivity index (χ1v) is 6.39. The lowest BCUT2D eigenvalue weighted by molar-refractivity contribution is -0.385. The Morgan fingerprint density at radius 1 is 1.24 bits per heavy atom. The van der Waals surface area contributed by atoms with E-state index in [1.165, 1.54) is 18.2 Å². The molecule has 2 aromatic rings. The van der Waals surface area contributed by atoms with Gasteiger partial charge < -0.3 is 5.32 Å². The van der Waals surface area contributed by atoms with Gasteiger partial charge in [-0.25, -0.2) is 8.78 Å². The minimum absolute atomic E-state index is 0.202. The van der Waals surface area contributed by atoms with Crippen molar-refractivity contribution in [1.29, 1.82) is 0 Å². The van der Waals surface area contributed by atoms with Gasteiger partial charge in [0.05, 0.1) is 11.0 Å². The molecule has 4 nitrogen and oxygen atoms in total. The van der Waals surface area contributed by atoms with E-state index >= 15 is 0 Å². The van der Waals surface area contributed by atoms with Crippen molar-refractivity contribution in [1.82, 2.24) is 5.32 Å². The number of hydrogen-bond donors (Lipinski definition) is 1. The quantitative estimate of drug-likeness (QED) is 0.675. The number of rotatable bonds is 5. The summed E-state index contributed by atoms with van der Waals surface area (Å²) in [5.74, 6) is -0.998. The maximum atomic E-state index is 13.6. The molecule has 110 valence electrons. The number of halogens is 2. The van der Waals surface area contributed by atoms with Crippen LogP contribution in [0.25, 0.3) is 0 Å². The van der Waals surface area contributed by atoms with Crippen molar-refractivity contribution in [2.24, 2.45) is 0 Å². The van der Waals surface area contributed by atoms with Crippen LogP contribution in [-0.4, -0.2) is 4.92 Å². The summed E-state index contributed by atoms with van der Waals surface area (Å²) >= 11 is 0. The molecule has 0 aliphatic carbocycles. The molecule has 0 radical (unpaired) electrons. The molecule has 0 amide bonds. The van der Waals surface area contributed by atoms with E-state index in [1.54, 1.807) is 25.1 Å². The van der Waals surface area contributed by atoms with Crippen molar-refractivity contribution in [2.45, 2.75) is 19.5 Å². The van der Waals surface area contributed by atoms with Crippen LogP contribution in [0.3, 0.4) is 0 Å². The molecular formula is C15H14F2N2O2. The van der Waals surface area contributed by atoms with E-state index in [0.717, 1.165) is 6.07 Å². The molecule has 2 rings (SSSR count). The first-order chi connectivity index (χ1) is 9.97. The lowest BCUT2D eigenvalue weighted by Gasteiger charge is -2.15. The Hall–Kier alpha value is -2.34. The average molecular weight is 292 g/mol. The lowest BCUT2D eigenvalue weighted by atomic mass is 10.1. The van der Waals surface area contributed by atoms with E-state index in [1.807, 2.05) is 0 Å². The fourth-order valence-corrected chi connectivity index (χ4v) is 2.05. The van der Waals surface area contributed by atoms with E-state index in [-0.39, 0.29) is 24.1 Å². The Labute approximate surface area is 120 Å². The lowest BCUT2D eigenvalue weighted by Crippen LogP contribution is -2.19. The van der Waals surface area contributed by atoms with Crippen LogP contribution in [0.5, 0.6) is 0 Å². The summed E-state index contributed by atoms with van der Waals surface area (Å²) < 4.78 is 26.9. The standard InChI is InChI=1S/C15H14F2N2O2/c1-10(14-4-2-3-5-15(14)17)18-9-11-6-12(16)8-13(7-11)19(20)21/h2-8,10,18H,9H2,1H3. The maximum Gasteiger partial charge on any atom is 0.272 e. The SMILES string of the molecule is CC(NCc1cc(F)cc([N+](=O)[O-])c1)c1ccccc1F. The Morgan fingerprint density at radius 3 is 2.62 bits per heavy atom. The van der Waals surface area contributed by atoms with Gasteiger partial charge in [0.1, 0.15) is 11.6 Å². The molecule has 0 aliphatic rings. The monoisotopic (exact) mass is 292 g/mol. The first kappa shape index (κ1) is 15.1. The summed E-state index contributed by atoms with van der Waals surface area (Å²) in [6, 6.07) is 9.42. The van der Waals surface area contributed by atoms with Crippen molar-refractivity contribution in [3.63, 3.8) is 0 Å². The summed E-state index contributed by atoms with van der Waals surface area (Å²) in [5, 5.41) is 13.7. The van der Waals surface area contributed by atoms with Gasteiger partial charge in [0.15, 0.2) is 0 Å². The molecule has 0 fully saturated rings. The third-order valence-corrected chi connectivity index (χ3v) is 3.14. The van der Waals surface area contributed by atoms with Crippen LogP contribution >= 0.6 is 0 Å². The van der Waals surface area contributed by atoms with E-state index < -0.39 is 10.7 Å². The summed E-state index contributed by atoms with van der Waals surface area (Å²) in [6.07, 6.45) is 0. The van der Waals surface area contributed by atoms with Gasteiger partial charge in [-0.15, -0.1) is 0 Å². The minimum atomic E-state index is -0.667. The van der Waals surface area contributed by atoms with Gasteiger partial charge >= 0.3 is 0 Å². The molecule has 0 bridgehead atoms. The molecule has 6 heteroatoms. The van der Waals surface area contributed by atoms with Gasteiger partial charge in [-0.05, 0) is 24.6 Å². The van der Waals surface area contributed by atoms with Crippen molar-refractivity contribution in [3.05, 3.63) is 75.3 Å². The molecule has 0 spiro atoms. The summed E-state index contributed by atoms with van der Waals surface area (Å²) in [6.45, 7) is 1.97. The van der Waals surface area contributed by atoms with Crippen molar-refractivity contribution in [2.75, 3.05) is 0 Å². The van der Waals surface area contributed by atoms with Gasteiger partial charge in [-0.3, -0.25) is 10.1 Å². The second-order valence-electron chi connectivity index (χ2n) is 4.70. The van der Waals surface area contributed by atoms with Crippen LogP contribution in [0.15, 0.2) is 42.5 Å². The summed E-state index contributed by atoms with van der Waals surface area (Å²) in [4.78, 5) is 10.0. The maximum absolute atomic E-state index is 13.6. The highest BCUT2D eigenvalue weighted by Crippen LogP contribution is 2.19. The predicted octanol–water partition coefficient (Wildman–Crippen LogP) is 3.72. The van der Waals surface area contributed by atoms with E-state index in [0.29, 0.717) is 11.1 Å². The Balaban J connectivity index is 2.09. The summed E-state index contributed by atoms with van der Waals surface area (Å²) in [7, 11) is 0. The van der Waals surface area contributed by atoms with Gasteiger partial charge in [-0.1, -0.05) is 18.2 Å². The van der Waals surface area contributed by atoms with Gasteiger partial charge in [0.2, 0.25) is 0 Å².